The number of aryl methyl sites for hydroxylation is 1. The van der Waals surface area contributed by atoms with Gasteiger partial charge >= 0.3 is 0 Å². The Hall–Kier alpha value is -3.47. The van der Waals surface area contributed by atoms with Crippen LogP contribution in [-0.2, 0) is 4.79 Å². The normalized spacial score (nSPS) is 16.1. The highest BCUT2D eigenvalue weighted by atomic mass is 16.2. The number of amides is 2. The van der Waals surface area contributed by atoms with E-state index in [4.69, 9.17) is 4.98 Å². The molecule has 2 aromatic carbocycles. The third-order valence-electron chi connectivity index (χ3n) is 5.66. The molecule has 1 fully saturated rings. The zero-order valence-corrected chi connectivity index (χ0v) is 18.0. The summed E-state index contributed by atoms with van der Waals surface area (Å²) in [4.78, 5) is 31.0. The van der Waals surface area contributed by atoms with Gasteiger partial charge in [-0.1, -0.05) is 30.3 Å². The molecule has 0 radical (unpaired) electrons. The maximum atomic E-state index is 13.1. The second kappa shape index (κ2) is 9.13. The molecular formula is C26H27N3O2. The fourth-order valence-corrected chi connectivity index (χ4v) is 4.19. The molecule has 4 rings (SSSR count). The molecule has 2 amide bonds. The summed E-state index contributed by atoms with van der Waals surface area (Å²) in [6, 6.07) is 21.7. The van der Waals surface area contributed by atoms with Crippen LogP contribution >= 0.6 is 0 Å². The number of carbonyl (C=O) groups is 2. The van der Waals surface area contributed by atoms with Gasteiger partial charge in [-0.3, -0.25) is 14.6 Å². The lowest BCUT2D eigenvalue weighted by molar-refractivity contribution is -0.114. The molecule has 158 valence electrons. The molecule has 2 heterocycles. The van der Waals surface area contributed by atoms with Crippen LogP contribution in [0.3, 0.4) is 0 Å². The largest absolute Gasteiger partial charge is 0.338 e. The summed E-state index contributed by atoms with van der Waals surface area (Å²) < 4.78 is 0. The maximum Gasteiger partial charge on any atom is 0.253 e. The van der Waals surface area contributed by atoms with Crippen LogP contribution in [0.2, 0.25) is 0 Å². The lowest BCUT2D eigenvalue weighted by Gasteiger charge is -2.33. The summed E-state index contributed by atoms with van der Waals surface area (Å²) in [6.07, 6.45) is 1.98. The van der Waals surface area contributed by atoms with Crippen molar-refractivity contribution in [2.24, 2.45) is 0 Å². The van der Waals surface area contributed by atoms with Crippen LogP contribution in [0, 0.1) is 6.92 Å². The lowest BCUT2D eigenvalue weighted by atomic mass is 9.92. The molecule has 5 nitrogen and oxygen atoms in total. The summed E-state index contributed by atoms with van der Waals surface area (Å²) in [5, 5.41) is 2.73. The third kappa shape index (κ3) is 5.00. The molecule has 1 aromatic heterocycles. The zero-order valence-electron chi connectivity index (χ0n) is 18.0. The Morgan fingerprint density at radius 3 is 2.45 bits per heavy atom. The molecule has 0 bridgehead atoms. The first-order valence-electron chi connectivity index (χ1n) is 10.7. The standard InChI is InChI=1S/C26H27N3O2/c1-18-15-23(20-7-4-3-5-8-20)16-25(27-18)22-9-6-14-29(17-22)26(31)21-10-12-24(13-11-21)28-19(2)30/h3-5,7-8,10-13,15-16,22H,6,9,14,17H2,1-2H3,(H,28,30)/t22-/m0/s1. The minimum atomic E-state index is -0.126. The second-order valence-electron chi connectivity index (χ2n) is 8.14. The fourth-order valence-electron chi connectivity index (χ4n) is 4.19. The summed E-state index contributed by atoms with van der Waals surface area (Å²) in [7, 11) is 0. The molecule has 1 saturated heterocycles. The van der Waals surface area contributed by atoms with Gasteiger partial charge < -0.3 is 10.2 Å². The number of benzene rings is 2. The van der Waals surface area contributed by atoms with Crippen LogP contribution in [0.4, 0.5) is 5.69 Å². The molecule has 0 unspecified atom stereocenters. The van der Waals surface area contributed by atoms with Crippen LogP contribution in [0.25, 0.3) is 11.1 Å². The molecule has 1 atom stereocenters. The van der Waals surface area contributed by atoms with E-state index in [1.807, 2.05) is 30.0 Å². The van der Waals surface area contributed by atoms with E-state index in [0.717, 1.165) is 30.8 Å². The average molecular weight is 414 g/mol. The highest BCUT2D eigenvalue weighted by Gasteiger charge is 2.26. The van der Waals surface area contributed by atoms with Crippen molar-refractivity contribution in [2.75, 3.05) is 18.4 Å². The Kier molecular flexibility index (Phi) is 6.12. The van der Waals surface area contributed by atoms with Gasteiger partial charge in [0.25, 0.3) is 5.91 Å². The van der Waals surface area contributed by atoms with Crippen LogP contribution < -0.4 is 5.32 Å². The highest BCUT2D eigenvalue weighted by molar-refractivity contribution is 5.95. The van der Waals surface area contributed by atoms with Crippen molar-refractivity contribution in [1.82, 2.24) is 9.88 Å². The summed E-state index contributed by atoms with van der Waals surface area (Å²) in [5.41, 5.74) is 5.72. The molecule has 0 saturated carbocycles. The Balaban J connectivity index is 1.51. The van der Waals surface area contributed by atoms with Gasteiger partial charge in [0.05, 0.1) is 0 Å². The third-order valence-corrected chi connectivity index (χ3v) is 5.66. The molecule has 1 aliphatic heterocycles. The van der Waals surface area contributed by atoms with E-state index in [1.54, 1.807) is 24.3 Å². The number of nitrogens with zero attached hydrogens (tertiary/aromatic N) is 2. The van der Waals surface area contributed by atoms with Gasteiger partial charge in [-0.05, 0) is 67.3 Å². The smallest absolute Gasteiger partial charge is 0.253 e. The number of nitrogens with one attached hydrogen (secondary N) is 1. The summed E-state index contributed by atoms with van der Waals surface area (Å²) >= 11 is 0. The van der Waals surface area contributed by atoms with Gasteiger partial charge in [0.1, 0.15) is 0 Å². The first-order valence-corrected chi connectivity index (χ1v) is 10.7. The van der Waals surface area contributed by atoms with E-state index >= 15 is 0 Å². The van der Waals surface area contributed by atoms with Gasteiger partial charge in [0.15, 0.2) is 0 Å². The Labute approximate surface area is 183 Å². The SMILES string of the molecule is CC(=O)Nc1ccc(C(=O)N2CCC[C@H](c3cc(-c4ccccc4)cc(C)n3)C2)cc1. The Bertz CT molecular complexity index is 1080. The minimum absolute atomic E-state index is 0.0232. The average Bonchev–Trinajstić information content (AvgIpc) is 2.79. The number of hydrogen-bond acceptors (Lipinski definition) is 3. The topological polar surface area (TPSA) is 62.3 Å². The van der Waals surface area contributed by atoms with Gasteiger partial charge in [-0.25, -0.2) is 0 Å². The van der Waals surface area contributed by atoms with E-state index in [-0.39, 0.29) is 17.7 Å². The van der Waals surface area contributed by atoms with Crippen LogP contribution in [0.1, 0.15) is 47.4 Å². The van der Waals surface area contributed by atoms with Crippen molar-refractivity contribution in [3.8, 4) is 11.1 Å². The summed E-state index contributed by atoms with van der Waals surface area (Å²) in [5.74, 6) is 0.118. The second-order valence-corrected chi connectivity index (χ2v) is 8.14. The van der Waals surface area contributed by atoms with Crippen LogP contribution in [0.5, 0.6) is 0 Å². The first-order chi connectivity index (χ1) is 15.0. The number of hydrogen-bond donors (Lipinski definition) is 1. The van der Waals surface area contributed by atoms with E-state index < -0.39 is 0 Å². The number of rotatable bonds is 4. The predicted octanol–water partition coefficient (Wildman–Crippen LogP) is 5.04. The molecule has 31 heavy (non-hydrogen) atoms. The molecule has 1 N–H and O–H groups in total. The number of likely N-dealkylation sites (tertiary alicyclic amines) is 1. The van der Waals surface area contributed by atoms with E-state index in [1.165, 1.54) is 18.1 Å². The van der Waals surface area contributed by atoms with E-state index in [0.29, 0.717) is 17.8 Å². The quantitative estimate of drug-likeness (QED) is 0.652. The predicted molar refractivity (Wildman–Crippen MR) is 123 cm³/mol. The minimum Gasteiger partial charge on any atom is -0.338 e. The maximum absolute atomic E-state index is 13.1. The molecule has 5 heteroatoms. The molecule has 0 spiro atoms. The molecular weight excluding hydrogens is 386 g/mol. The highest BCUT2D eigenvalue weighted by Crippen LogP contribution is 2.30. The zero-order chi connectivity index (χ0) is 21.8. The van der Waals surface area contributed by atoms with Crippen LogP contribution in [-0.4, -0.2) is 34.8 Å². The van der Waals surface area contributed by atoms with Crippen molar-refractivity contribution in [2.45, 2.75) is 32.6 Å². The number of carbonyl (C=O) groups excluding carboxylic acids is 2. The van der Waals surface area contributed by atoms with Crippen molar-refractivity contribution >= 4 is 17.5 Å². The first kappa shape index (κ1) is 20.8. The van der Waals surface area contributed by atoms with E-state index in [9.17, 15) is 9.59 Å². The number of anilines is 1. The summed E-state index contributed by atoms with van der Waals surface area (Å²) in [6.45, 7) is 4.91. The number of aromatic nitrogens is 1. The molecule has 1 aliphatic rings. The fraction of sp³-hybridized carbons (Fsp3) is 0.269. The van der Waals surface area contributed by atoms with Crippen molar-refractivity contribution in [1.29, 1.82) is 0 Å². The van der Waals surface area contributed by atoms with Gasteiger partial charge in [0.2, 0.25) is 5.91 Å². The van der Waals surface area contributed by atoms with Gasteiger partial charge in [0, 0.05) is 48.6 Å². The number of pyridine rings is 1. The van der Waals surface area contributed by atoms with Crippen molar-refractivity contribution in [3.63, 3.8) is 0 Å². The molecule has 0 aliphatic carbocycles. The van der Waals surface area contributed by atoms with Crippen molar-refractivity contribution in [3.05, 3.63) is 83.7 Å². The lowest BCUT2D eigenvalue weighted by Crippen LogP contribution is -2.39. The number of piperidine rings is 1. The molecule has 3 aromatic rings. The Morgan fingerprint density at radius 2 is 1.74 bits per heavy atom. The Morgan fingerprint density at radius 1 is 1.00 bits per heavy atom. The van der Waals surface area contributed by atoms with Crippen LogP contribution in [0.15, 0.2) is 66.7 Å². The monoisotopic (exact) mass is 413 g/mol. The van der Waals surface area contributed by atoms with Crippen molar-refractivity contribution < 1.29 is 9.59 Å². The van der Waals surface area contributed by atoms with E-state index in [2.05, 4.69) is 29.6 Å². The van der Waals surface area contributed by atoms with Gasteiger partial charge in [-0.2, -0.15) is 0 Å². The van der Waals surface area contributed by atoms with Gasteiger partial charge in [-0.15, -0.1) is 0 Å².